The molecule has 0 heterocycles. The summed E-state index contributed by atoms with van der Waals surface area (Å²) in [7, 11) is 0. The van der Waals surface area contributed by atoms with Crippen molar-refractivity contribution >= 4 is 17.9 Å². The maximum atomic E-state index is 12.6. The average molecular weight is 667 g/mol. The second-order valence-corrected chi connectivity index (χ2v) is 14.9. The molecule has 0 N–H and O–H groups in total. The normalized spacial score (nSPS) is 12.1. The largest absolute Gasteiger partial charge is 0.462 e. The van der Waals surface area contributed by atoms with Crippen LogP contribution in [0.5, 0.6) is 0 Å². The fourth-order valence-corrected chi connectivity index (χ4v) is 5.87. The number of hydrogen-bond donors (Lipinski definition) is 0. The molecule has 0 aliphatic rings. The van der Waals surface area contributed by atoms with Crippen LogP contribution in [0.25, 0.3) is 0 Å². The molecule has 0 saturated carbocycles. The first-order valence-electron chi connectivity index (χ1n) is 20.2. The number of unbranched alkanes of at least 4 members (excludes halogenated alkanes) is 20. The Morgan fingerprint density at radius 2 is 0.702 bits per heavy atom. The summed E-state index contributed by atoms with van der Waals surface area (Å²) in [6.07, 6.45) is 29.7. The Bertz CT molecular complexity index is 719. The van der Waals surface area contributed by atoms with Crippen molar-refractivity contribution in [2.75, 3.05) is 13.2 Å². The highest BCUT2D eigenvalue weighted by atomic mass is 16.6. The van der Waals surface area contributed by atoms with E-state index in [1.54, 1.807) is 0 Å². The zero-order valence-electron chi connectivity index (χ0n) is 31.9. The van der Waals surface area contributed by atoms with Gasteiger partial charge in [-0.3, -0.25) is 14.4 Å². The molecular formula is C41H78O6. The van der Waals surface area contributed by atoms with Gasteiger partial charge in [0, 0.05) is 19.3 Å². The van der Waals surface area contributed by atoms with Gasteiger partial charge in [0.1, 0.15) is 13.2 Å². The minimum atomic E-state index is -0.759. The van der Waals surface area contributed by atoms with Crippen LogP contribution < -0.4 is 0 Å². The van der Waals surface area contributed by atoms with Crippen LogP contribution >= 0.6 is 0 Å². The van der Waals surface area contributed by atoms with Gasteiger partial charge < -0.3 is 14.2 Å². The van der Waals surface area contributed by atoms with Crippen LogP contribution in [0.4, 0.5) is 0 Å². The van der Waals surface area contributed by atoms with Gasteiger partial charge in [-0.15, -0.1) is 0 Å². The van der Waals surface area contributed by atoms with Crippen molar-refractivity contribution in [1.29, 1.82) is 0 Å². The summed E-state index contributed by atoms with van der Waals surface area (Å²) in [6.45, 7) is 11.2. The van der Waals surface area contributed by atoms with Crippen molar-refractivity contribution in [2.24, 2.45) is 11.8 Å². The van der Waals surface area contributed by atoms with Crippen molar-refractivity contribution in [3.8, 4) is 0 Å². The molecule has 0 fully saturated rings. The summed E-state index contributed by atoms with van der Waals surface area (Å²) in [5.41, 5.74) is 0. The molecule has 0 bridgehead atoms. The molecule has 0 aliphatic heterocycles. The van der Waals surface area contributed by atoms with Gasteiger partial charge in [0.05, 0.1) is 0 Å². The third-order valence-corrected chi connectivity index (χ3v) is 8.97. The zero-order chi connectivity index (χ0) is 34.8. The molecule has 0 aromatic carbocycles. The third kappa shape index (κ3) is 35.5. The van der Waals surface area contributed by atoms with E-state index in [1.165, 1.54) is 103 Å². The van der Waals surface area contributed by atoms with Crippen molar-refractivity contribution in [3.63, 3.8) is 0 Å². The summed E-state index contributed by atoms with van der Waals surface area (Å²) in [5.74, 6) is 0.668. The van der Waals surface area contributed by atoms with Crippen LogP contribution in [-0.4, -0.2) is 37.2 Å². The summed E-state index contributed by atoms with van der Waals surface area (Å²) in [4.78, 5) is 37.4. The Hall–Kier alpha value is -1.59. The van der Waals surface area contributed by atoms with Gasteiger partial charge in [0.25, 0.3) is 0 Å². The zero-order valence-corrected chi connectivity index (χ0v) is 31.9. The summed E-state index contributed by atoms with van der Waals surface area (Å²) < 4.78 is 16.6. The van der Waals surface area contributed by atoms with Gasteiger partial charge in [-0.05, 0) is 31.1 Å². The molecule has 1 atom stereocenters. The highest BCUT2D eigenvalue weighted by Gasteiger charge is 2.19. The smallest absolute Gasteiger partial charge is 0.306 e. The fourth-order valence-electron chi connectivity index (χ4n) is 5.87. The van der Waals surface area contributed by atoms with Crippen molar-refractivity contribution in [3.05, 3.63) is 0 Å². The number of ether oxygens (including phenoxy) is 3. The van der Waals surface area contributed by atoms with Crippen molar-refractivity contribution in [1.82, 2.24) is 0 Å². The summed E-state index contributed by atoms with van der Waals surface area (Å²) in [6, 6.07) is 0. The second-order valence-electron chi connectivity index (χ2n) is 14.9. The highest BCUT2D eigenvalue weighted by molar-refractivity contribution is 5.71. The Balaban J connectivity index is 4.36. The molecule has 47 heavy (non-hydrogen) atoms. The molecule has 0 aliphatic carbocycles. The highest BCUT2D eigenvalue weighted by Crippen LogP contribution is 2.15. The second kappa shape index (κ2) is 34.3. The lowest BCUT2D eigenvalue weighted by Crippen LogP contribution is -2.30. The predicted octanol–water partition coefficient (Wildman–Crippen LogP) is 12.2. The first kappa shape index (κ1) is 45.4. The Morgan fingerprint density at radius 1 is 0.404 bits per heavy atom. The average Bonchev–Trinajstić information content (AvgIpc) is 3.03. The van der Waals surface area contributed by atoms with Crippen LogP contribution in [0.3, 0.4) is 0 Å². The lowest BCUT2D eigenvalue weighted by atomic mass is 10.0. The number of carbonyl (C=O) groups excluding carboxylic acids is 3. The first-order chi connectivity index (χ1) is 22.7. The maximum absolute atomic E-state index is 12.6. The molecule has 0 saturated heterocycles. The van der Waals surface area contributed by atoms with E-state index in [0.29, 0.717) is 19.3 Å². The van der Waals surface area contributed by atoms with Gasteiger partial charge in [-0.2, -0.15) is 0 Å². The lowest BCUT2D eigenvalue weighted by Gasteiger charge is -2.18. The van der Waals surface area contributed by atoms with Gasteiger partial charge in [-0.1, -0.05) is 176 Å². The Kier molecular flexibility index (Phi) is 33.1. The minimum Gasteiger partial charge on any atom is -0.462 e. The number of esters is 3. The standard InChI is InChI=1S/C41H78O6/c1-6-7-8-9-10-11-12-15-21-26-31-39(42)45-34-38(35-46-40(43)32-27-22-18-17-20-25-30-37(4)5)47-41(44)33-28-23-16-13-14-19-24-29-36(2)3/h36-38H,6-35H2,1-5H3/t38-/m1/s1. The lowest BCUT2D eigenvalue weighted by molar-refractivity contribution is -0.167. The maximum Gasteiger partial charge on any atom is 0.306 e. The van der Waals surface area contributed by atoms with Crippen LogP contribution in [0.15, 0.2) is 0 Å². The Labute approximate surface area is 291 Å². The SMILES string of the molecule is CCCCCCCCCCCCC(=O)OC[C@H](COC(=O)CCCCCCCCC(C)C)OC(=O)CCCCCCCCCC(C)C. The number of hydrogen-bond acceptors (Lipinski definition) is 6. The van der Waals surface area contributed by atoms with E-state index in [2.05, 4.69) is 34.6 Å². The van der Waals surface area contributed by atoms with Crippen LogP contribution in [0, 0.1) is 11.8 Å². The van der Waals surface area contributed by atoms with E-state index in [9.17, 15) is 14.4 Å². The molecule has 6 heteroatoms. The molecule has 0 rings (SSSR count). The van der Waals surface area contributed by atoms with Crippen molar-refractivity contribution < 1.29 is 28.6 Å². The Morgan fingerprint density at radius 3 is 1.04 bits per heavy atom. The topological polar surface area (TPSA) is 78.9 Å². The first-order valence-corrected chi connectivity index (χ1v) is 20.2. The summed E-state index contributed by atoms with van der Waals surface area (Å²) in [5, 5.41) is 0. The monoisotopic (exact) mass is 667 g/mol. The van der Waals surface area contributed by atoms with Crippen LogP contribution in [0.1, 0.15) is 214 Å². The van der Waals surface area contributed by atoms with Gasteiger partial charge in [0.15, 0.2) is 6.10 Å². The molecule has 6 nitrogen and oxygen atoms in total. The molecule has 0 spiro atoms. The number of rotatable bonds is 35. The van der Waals surface area contributed by atoms with Gasteiger partial charge in [-0.25, -0.2) is 0 Å². The molecule has 0 aromatic rings. The van der Waals surface area contributed by atoms with Crippen LogP contribution in [-0.2, 0) is 28.6 Å². The van der Waals surface area contributed by atoms with Gasteiger partial charge >= 0.3 is 17.9 Å². The quantitative estimate of drug-likeness (QED) is 0.0380. The molecule has 0 radical (unpaired) electrons. The summed E-state index contributed by atoms with van der Waals surface area (Å²) >= 11 is 0. The molecule has 0 amide bonds. The van der Waals surface area contributed by atoms with Crippen molar-refractivity contribution in [2.45, 2.75) is 221 Å². The van der Waals surface area contributed by atoms with E-state index in [0.717, 1.165) is 69.6 Å². The predicted molar refractivity (Wildman–Crippen MR) is 196 cm³/mol. The fraction of sp³-hybridized carbons (Fsp3) is 0.927. The molecule has 278 valence electrons. The molecule has 0 aromatic heterocycles. The van der Waals surface area contributed by atoms with E-state index >= 15 is 0 Å². The van der Waals surface area contributed by atoms with Gasteiger partial charge in [0.2, 0.25) is 0 Å². The third-order valence-electron chi connectivity index (χ3n) is 8.97. The number of carbonyl (C=O) groups is 3. The van der Waals surface area contributed by atoms with E-state index < -0.39 is 6.10 Å². The molecule has 0 unspecified atom stereocenters. The van der Waals surface area contributed by atoms with E-state index in [4.69, 9.17) is 14.2 Å². The van der Waals surface area contributed by atoms with E-state index in [1.807, 2.05) is 0 Å². The van der Waals surface area contributed by atoms with Crippen LogP contribution in [0.2, 0.25) is 0 Å². The minimum absolute atomic E-state index is 0.0671. The van der Waals surface area contributed by atoms with E-state index in [-0.39, 0.29) is 31.1 Å². The molecular weight excluding hydrogens is 588 g/mol.